The Bertz CT molecular complexity index is 141. The standard InChI is InChI=1S/C7H14N2O2/c1-2-11-9-7(8)6-3-4-10-5-6/h6H,2-5H2,1H3,(H2,8,9). The second-order valence-electron chi connectivity index (χ2n) is 2.49. The maximum absolute atomic E-state index is 5.61. The molecule has 0 aromatic heterocycles. The van der Waals surface area contributed by atoms with Crippen molar-refractivity contribution in [1.29, 1.82) is 0 Å². The molecule has 4 heteroatoms. The van der Waals surface area contributed by atoms with E-state index in [1.807, 2.05) is 6.92 Å². The lowest BCUT2D eigenvalue weighted by Crippen LogP contribution is -2.24. The van der Waals surface area contributed by atoms with E-state index < -0.39 is 0 Å². The number of hydrogen-bond acceptors (Lipinski definition) is 3. The van der Waals surface area contributed by atoms with Crippen LogP contribution in [0.1, 0.15) is 13.3 Å². The van der Waals surface area contributed by atoms with Gasteiger partial charge in [0.2, 0.25) is 0 Å². The highest BCUT2D eigenvalue weighted by molar-refractivity contribution is 5.82. The van der Waals surface area contributed by atoms with Crippen molar-refractivity contribution in [2.24, 2.45) is 16.8 Å². The molecule has 2 N–H and O–H groups in total. The van der Waals surface area contributed by atoms with Crippen LogP contribution in [0.4, 0.5) is 0 Å². The van der Waals surface area contributed by atoms with Crippen molar-refractivity contribution in [1.82, 2.24) is 0 Å². The molecule has 0 aliphatic carbocycles. The average Bonchev–Trinajstić information content (AvgIpc) is 2.52. The minimum atomic E-state index is 0.265. The molecular formula is C7H14N2O2. The Balaban J connectivity index is 2.32. The summed E-state index contributed by atoms with van der Waals surface area (Å²) < 4.78 is 5.14. The fourth-order valence-corrected chi connectivity index (χ4v) is 0.981. The number of rotatable bonds is 3. The smallest absolute Gasteiger partial charge is 0.144 e. The van der Waals surface area contributed by atoms with E-state index in [-0.39, 0.29) is 5.92 Å². The normalized spacial score (nSPS) is 25.5. The summed E-state index contributed by atoms with van der Waals surface area (Å²) >= 11 is 0. The van der Waals surface area contributed by atoms with E-state index in [4.69, 9.17) is 15.3 Å². The van der Waals surface area contributed by atoms with Gasteiger partial charge in [-0.05, 0) is 13.3 Å². The van der Waals surface area contributed by atoms with Crippen LogP contribution >= 0.6 is 0 Å². The van der Waals surface area contributed by atoms with Gasteiger partial charge in [-0.3, -0.25) is 0 Å². The zero-order valence-electron chi connectivity index (χ0n) is 6.75. The molecule has 1 aliphatic rings. The number of amidine groups is 1. The topological polar surface area (TPSA) is 56.8 Å². The van der Waals surface area contributed by atoms with Gasteiger partial charge in [0.1, 0.15) is 12.4 Å². The second kappa shape index (κ2) is 4.18. The third kappa shape index (κ3) is 2.38. The van der Waals surface area contributed by atoms with Gasteiger partial charge < -0.3 is 15.3 Å². The molecule has 64 valence electrons. The fourth-order valence-electron chi connectivity index (χ4n) is 0.981. The lowest BCUT2D eigenvalue weighted by molar-refractivity contribution is 0.155. The van der Waals surface area contributed by atoms with Crippen LogP contribution in [-0.2, 0) is 9.57 Å². The number of nitrogens with two attached hydrogens (primary N) is 1. The van der Waals surface area contributed by atoms with E-state index in [1.165, 1.54) is 0 Å². The predicted octanol–water partition coefficient (Wildman–Crippen LogP) is 0.332. The molecule has 0 bridgehead atoms. The molecule has 0 aromatic rings. The molecule has 4 nitrogen and oxygen atoms in total. The largest absolute Gasteiger partial charge is 0.395 e. The Morgan fingerprint density at radius 2 is 2.64 bits per heavy atom. The van der Waals surface area contributed by atoms with Gasteiger partial charge in [0.25, 0.3) is 0 Å². The van der Waals surface area contributed by atoms with E-state index in [2.05, 4.69) is 5.16 Å². The van der Waals surface area contributed by atoms with Crippen LogP contribution < -0.4 is 5.73 Å². The zero-order chi connectivity index (χ0) is 8.10. The van der Waals surface area contributed by atoms with Crippen LogP contribution in [0.25, 0.3) is 0 Å². The lowest BCUT2D eigenvalue weighted by atomic mass is 10.1. The summed E-state index contributed by atoms with van der Waals surface area (Å²) in [5.74, 6) is 0.825. The highest BCUT2D eigenvalue weighted by Gasteiger charge is 2.19. The predicted molar refractivity (Wildman–Crippen MR) is 42.2 cm³/mol. The van der Waals surface area contributed by atoms with Crippen LogP contribution in [-0.4, -0.2) is 25.7 Å². The summed E-state index contributed by atoms with van der Waals surface area (Å²) in [6.07, 6.45) is 0.961. The summed E-state index contributed by atoms with van der Waals surface area (Å²) in [6.45, 7) is 3.91. The average molecular weight is 158 g/mol. The zero-order valence-corrected chi connectivity index (χ0v) is 6.75. The van der Waals surface area contributed by atoms with E-state index >= 15 is 0 Å². The summed E-state index contributed by atoms with van der Waals surface area (Å²) in [6, 6.07) is 0. The van der Waals surface area contributed by atoms with Gasteiger partial charge in [0, 0.05) is 12.5 Å². The summed E-state index contributed by atoms with van der Waals surface area (Å²) in [5.41, 5.74) is 5.61. The van der Waals surface area contributed by atoms with Crippen LogP contribution in [0.2, 0.25) is 0 Å². The number of ether oxygens (including phenoxy) is 1. The van der Waals surface area contributed by atoms with E-state index in [1.54, 1.807) is 0 Å². The monoisotopic (exact) mass is 158 g/mol. The first-order valence-electron chi connectivity index (χ1n) is 3.87. The molecule has 1 unspecified atom stereocenters. The number of hydrogen-bond donors (Lipinski definition) is 1. The Morgan fingerprint density at radius 3 is 3.18 bits per heavy atom. The Morgan fingerprint density at radius 1 is 1.82 bits per heavy atom. The Labute approximate surface area is 66.3 Å². The van der Waals surface area contributed by atoms with Gasteiger partial charge in [-0.2, -0.15) is 0 Å². The van der Waals surface area contributed by atoms with Crippen LogP contribution in [0.15, 0.2) is 5.16 Å². The van der Waals surface area contributed by atoms with Crippen LogP contribution in [0.5, 0.6) is 0 Å². The third-order valence-corrected chi connectivity index (χ3v) is 1.65. The van der Waals surface area contributed by atoms with Gasteiger partial charge in [0.15, 0.2) is 0 Å². The highest BCUT2D eigenvalue weighted by atomic mass is 16.6. The molecule has 0 radical (unpaired) electrons. The van der Waals surface area contributed by atoms with Gasteiger partial charge in [-0.15, -0.1) is 0 Å². The molecule has 11 heavy (non-hydrogen) atoms. The Hall–Kier alpha value is -0.770. The van der Waals surface area contributed by atoms with Crippen molar-refractivity contribution >= 4 is 5.84 Å². The highest BCUT2D eigenvalue weighted by Crippen LogP contribution is 2.11. The molecule has 1 aliphatic heterocycles. The van der Waals surface area contributed by atoms with Crippen molar-refractivity contribution < 1.29 is 9.57 Å². The van der Waals surface area contributed by atoms with E-state index in [0.717, 1.165) is 13.0 Å². The number of nitrogens with zero attached hydrogens (tertiary/aromatic N) is 1. The maximum atomic E-state index is 5.61. The van der Waals surface area contributed by atoms with Gasteiger partial charge in [-0.25, -0.2) is 0 Å². The second-order valence-corrected chi connectivity index (χ2v) is 2.49. The van der Waals surface area contributed by atoms with E-state index in [9.17, 15) is 0 Å². The molecule has 0 amide bonds. The van der Waals surface area contributed by atoms with E-state index in [0.29, 0.717) is 19.0 Å². The quantitative estimate of drug-likeness (QED) is 0.366. The molecule has 0 aromatic carbocycles. The molecular weight excluding hydrogens is 144 g/mol. The summed E-state index contributed by atoms with van der Waals surface area (Å²) in [5, 5.41) is 3.74. The van der Waals surface area contributed by atoms with Gasteiger partial charge >= 0.3 is 0 Å². The molecule has 0 spiro atoms. The molecule has 1 heterocycles. The molecule has 1 rings (SSSR count). The first kappa shape index (κ1) is 8.33. The first-order valence-corrected chi connectivity index (χ1v) is 3.87. The summed E-state index contributed by atoms with van der Waals surface area (Å²) in [7, 11) is 0. The van der Waals surface area contributed by atoms with Crippen molar-refractivity contribution in [2.45, 2.75) is 13.3 Å². The molecule has 0 saturated carbocycles. The van der Waals surface area contributed by atoms with Gasteiger partial charge in [-0.1, -0.05) is 5.16 Å². The third-order valence-electron chi connectivity index (χ3n) is 1.65. The Kier molecular flexibility index (Phi) is 3.16. The maximum Gasteiger partial charge on any atom is 0.144 e. The minimum Gasteiger partial charge on any atom is -0.395 e. The van der Waals surface area contributed by atoms with Gasteiger partial charge in [0.05, 0.1) is 6.61 Å². The lowest BCUT2D eigenvalue weighted by Gasteiger charge is -2.04. The fraction of sp³-hybridized carbons (Fsp3) is 0.857. The first-order chi connectivity index (χ1) is 5.34. The number of oxime groups is 1. The van der Waals surface area contributed by atoms with Crippen molar-refractivity contribution in [3.05, 3.63) is 0 Å². The molecule has 1 atom stereocenters. The summed E-state index contributed by atoms with van der Waals surface area (Å²) in [4.78, 5) is 4.82. The van der Waals surface area contributed by atoms with Crippen molar-refractivity contribution in [3.8, 4) is 0 Å². The SMILES string of the molecule is CCO/N=C(\N)C1CCOC1. The molecule has 1 fully saturated rings. The van der Waals surface area contributed by atoms with Crippen molar-refractivity contribution in [2.75, 3.05) is 19.8 Å². The van der Waals surface area contributed by atoms with Crippen LogP contribution in [0, 0.1) is 5.92 Å². The minimum absolute atomic E-state index is 0.265. The molecule has 1 saturated heterocycles. The van der Waals surface area contributed by atoms with Crippen LogP contribution in [0.3, 0.4) is 0 Å². The van der Waals surface area contributed by atoms with Crippen molar-refractivity contribution in [3.63, 3.8) is 0 Å².